The van der Waals surface area contributed by atoms with E-state index in [4.69, 9.17) is 66.3 Å². The Morgan fingerprint density at radius 2 is 0.260 bits per heavy atom. The molecular formula is C42H70O35. The van der Waals surface area contributed by atoms with Crippen molar-refractivity contribution in [3.05, 3.63) is 0 Å². The monoisotopic (exact) mass is 1130 g/mol. The maximum absolute atomic E-state index is 11.3. The summed E-state index contributed by atoms with van der Waals surface area (Å²) in [5, 5.41) is 230. The van der Waals surface area contributed by atoms with Gasteiger partial charge in [-0.15, -0.1) is 0 Å². The molecule has 21 aliphatic rings. The van der Waals surface area contributed by atoms with E-state index >= 15 is 0 Å². The molecule has 0 aromatic rings. The van der Waals surface area contributed by atoms with Gasteiger partial charge in [-0.1, -0.05) is 0 Å². The number of rotatable bonds is 7. The smallest absolute Gasteiger partial charge is 0.187 e. The van der Waals surface area contributed by atoms with E-state index in [1.165, 1.54) is 0 Å². The molecule has 448 valence electrons. The minimum atomic E-state index is -2.21. The van der Waals surface area contributed by atoms with Gasteiger partial charge >= 0.3 is 0 Å². The summed E-state index contributed by atoms with van der Waals surface area (Å²) in [6.45, 7) is -7.33. The molecule has 0 spiro atoms. The quantitative estimate of drug-likeness (QED) is 0.113. The van der Waals surface area contributed by atoms with Crippen molar-refractivity contribution in [1.29, 1.82) is 0 Å². The topological polar surface area (TPSA) is 554 Å². The van der Waals surface area contributed by atoms with Gasteiger partial charge in [0.15, 0.2) is 44.0 Å². The van der Waals surface area contributed by atoms with Crippen molar-refractivity contribution in [2.45, 2.75) is 215 Å². The molecule has 0 aromatic heterocycles. The third-order valence-electron chi connectivity index (χ3n) is 14.8. The Labute approximate surface area is 434 Å². The average molecular weight is 1130 g/mol. The van der Waals surface area contributed by atoms with E-state index in [1.807, 2.05) is 0 Å². The van der Waals surface area contributed by atoms with Crippen LogP contribution in [0.2, 0.25) is 0 Å². The lowest BCUT2D eigenvalue weighted by Crippen LogP contribution is -2.68. The highest BCUT2D eigenvalue weighted by atomic mass is 16.8. The van der Waals surface area contributed by atoms with E-state index in [-0.39, 0.29) is 0 Å². The Morgan fingerprint density at radius 3 is 0.351 bits per heavy atom. The fourth-order valence-electron chi connectivity index (χ4n) is 10.4. The first-order valence-electron chi connectivity index (χ1n) is 24.6. The van der Waals surface area contributed by atoms with E-state index in [1.54, 1.807) is 0 Å². The van der Waals surface area contributed by atoms with Crippen LogP contribution in [0.25, 0.3) is 0 Å². The Balaban J connectivity index is 1.08. The van der Waals surface area contributed by atoms with Gasteiger partial charge in [0.05, 0.1) is 46.2 Å². The summed E-state index contributed by atoms with van der Waals surface area (Å²) >= 11 is 0. The van der Waals surface area contributed by atoms with Crippen LogP contribution in [0.5, 0.6) is 0 Å². The fraction of sp³-hybridized carbons (Fsp3) is 1.00. The Bertz CT molecular complexity index is 1470. The lowest BCUT2D eigenvalue weighted by Gasteiger charge is -2.50. The molecule has 21 fully saturated rings. The first-order valence-corrected chi connectivity index (χ1v) is 24.6. The molecule has 0 radical (unpaired) electrons. The number of hydrogen-bond acceptors (Lipinski definition) is 35. The number of aliphatic hydroxyl groups excluding tert-OH is 21. The van der Waals surface area contributed by atoms with Crippen molar-refractivity contribution in [2.24, 2.45) is 0 Å². The summed E-state index contributed by atoms with van der Waals surface area (Å²) in [6, 6.07) is 0. The van der Waals surface area contributed by atoms with Crippen molar-refractivity contribution >= 4 is 0 Å². The van der Waals surface area contributed by atoms with Crippen molar-refractivity contribution in [3.8, 4) is 0 Å². The molecule has 77 heavy (non-hydrogen) atoms. The van der Waals surface area contributed by atoms with Gasteiger partial charge in [0.1, 0.15) is 171 Å². The SMILES string of the molecule is OC[C@H]1OC2O[C@H]3[C@H](O)[C@@H](O)C(OC4[C@@H](CO)OC(O[C@H]5[C@H](O)[C@@H](O)C(O[C@H]6[C@H](O)[C@@H](O)C(OC7[C@@H](CO)OC(OC8[C@@H](CO)OC(OC1[C@H](O)C2O)[C@H](O)[C@H]8O)[C@H](O)[C@H]7O)O[C@@H]6CO)O[C@@H]5CO)[C@H](O)[C@H]4O)O[C@@H]3CO. The average Bonchev–Trinajstić information content (AvgIpc) is 3.45. The highest BCUT2D eigenvalue weighted by Gasteiger charge is 2.59. The number of ether oxygens (including phenoxy) is 14. The van der Waals surface area contributed by atoms with E-state index < -0.39 is 261 Å². The molecule has 21 N–H and O–H groups in total. The lowest BCUT2D eigenvalue weighted by molar-refractivity contribution is -0.396. The molecule has 21 heterocycles. The zero-order valence-corrected chi connectivity index (χ0v) is 40.3. The van der Waals surface area contributed by atoms with Gasteiger partial charge in [-0.05, 0) is 0 Å². The third kappa shape index (κ3) is 12.1. The normalized spacial score (nSPS) is 55.4. The van der Waals surface area contributed by atoms with Crippen molar-refractivity contribution in [2.75, 3.05) is 46.2 Å². The minimum absolute atomic E-state index is 1.05. The number of aliphatic hydroxyl groups is 21. The van der Waals surface area contributed by atoms with Crippen LogP contribution in [0.4, 0.5) is 0 Å². The summed E-state index contributed by atoms with van der Waals surface area (Å²) in [4.78, 5) is 0. The van der Waals surface area contributed by atoms with Crippen LogP contribution in [0, 0.1) is 0 Å². The minimum Gasteiger partial charge on any atom is -0.394 e. The molecule has 35 nitrogen and oxygen atoms in total. The van der Waals surface area contributed by atoms with Crippen LogP contribution in [0.1, 0.15) is 0 Å². The first-order chi connectivity index (χ1) is 36.7. The van der Waals surface area contributed by atoms with Crippen LogP contribution >= 0.6 is 0 Å². The standard InChI is InChI=1S/C42H70O35/c43-1-8-29-15(50)22(57)36(64-8)72-30-9(2-44)66-38(24(59)17(30)52)74-32-11(4-46)68-40(26(61)19(32)54)76-34-13(6-48)70-42(28(63)21(34)56)77-35-14(7-49)69-41(27(62)20(35)55)75-33-12(5-47)67-39(25(60)18(33)53)73-31-10(3-45)65-37(71-29)23(58)16(31)51/h8-63H,1-7H2/t8-,9-,10-,11-,12-,13-,14-,15-,16-,17-,18-,19-,20-,21-,22-,23-,24-,25-,26-,27-,28?,29-,30?,31-,32?,33?,34?,35-,36?,37?,38?,39?,40?,41?,42?/m1/s1. The van der Waals surface area contributed by atoms with Crippen LogP contribution in [0.3, 0.4) is 0 Å². The molecule has 0 aliphatic carbocycles. The number of hydrogen-bond donors (Lipinski definition) is 21. The maximum Gasteiger partial charge on any atom is 0.187 e. The van der Waals surface area contributed by atoms with Crippen LogP contribution in [-0.4, -0.2) is 368 Å². The van der Waals surface area contributed by atoms with E-state index in [2.05, 4.69) is 0 Å². The molecule has 21 saturated heterocycles. The lowest BCUT2D eigenvalue weighted by atomic mass is 9.95. The zero-order chi connectivity index (χ0) is 56.1. The molecule has 21 aliphatic heterocycles. The molecule has 12 unspecified atom stereocenters. The largest absolute Gasteiger partial charge is 0.394 e. The highest BCUT2D eigenvalue weighted by molar-refractivity contribution is 5.01. The molecule has 14 bridgehead atoms. The van der Waals surface area contributed by atoms with Gasteiger partial charge in [0, 0.05) is 0 Å². The highest BCUT2D eigenvalue weighted by Crippen LogP contribution is 2.39. The van der Waals surface area contributed by atoms with Gasteiger partial charge in [-0.2, -0.15) is 0 Å². The van der Waals surface area contributed by atoms with Crippen molar-refractivity contribution in [3.63, 3.8) is 0 Å². The zero-order valence-electron chi connectivity index (χ0n) is 40.3. The van der Waals surface area contributed by atoms with Gasteiger partial charge in [0.2, 0.25) is 0 Å². The van der Waals surface area contributed by atoms with Gasteiger partial charge in [0.25, 0.3) is 0 Å². The summed E-state index contributed by atoms with van der Waals surface area (Å²) in [5.41, 5.74) is 0. The second-order valence-electron chi connectivity index (χ2n) is 19.7. The van der Waals surface area contributed by atoms with Gasteiger partial charge < -0.3 is 174 Å². The van der Waals surface area contributed by atoms with Crippen molar-refractivity contribution in [1.82, 2.24) is 0 Å². The van der Waals surface area contributed by atoms with E-state index in [0.29, 0.717) is 0 Å². The predicted molar refractivity (Wildman–Crippen MR) is 228 cm³/mol. The van der Waals surface area contributed by atoms with E-state index in [9.17, 15) is 107 Å². The van der Waals surface area contributed by atoms with Gasteiger partial charge in [-0.3, -0.25) is 0 Å². The summed E-state index contributed by atoms with van der Waals surface area (Å²) in [5.74, 6) is 0. The van der Waals surface area contributed by atoms with Crippen LogP contribution < -0.4 is 0 Å². The molecular weight excluding hydrogens is 1060 g/mol. The van der Waals surface area contributed by atoms with Crippen LogP contribution in [0.15, 0.2) is 0 Å². The molecule has 0 amide bonds. The second kappa shape index (κ2) is 26.0. The Morgan fingerprint density at radius 1 is 0.156 bits per heavy atom. The summed E-state index contributed by atoms with van der Waals surface area (Å²) < 4.78 is 79.5. The molecule has 21 rings (SSSR count). The molecule has 35 heteroatoms. The van der Waals surface area contributed by atoms with Gasteiger partial charge in [-0.25, -0.2) is 0 Å². The molecule has 35 atom stereocenters. The first kappa shape index (κ1) is 61.7. The van der Waals surface area contributed by atoms with Crippen LogP contribution in [-0.2, 0) is 66.3 Å². The Hall–Kier alpha value is -1.40. The predicted octanol–water partition coefficient (Wildman–Crippen LogP) is -15.2. The summed E-state index contributed by atoms with van der Waals surface area (Å²) in [7, 11) is 0. The van der Waals surface area contributed by atoms with Crippen molar-refractivity contribution < 1.29 is 174 Å². The molecule has 0 saturated carbocycles. The van der Waals surface area contributed by atoms with E-state index in [0.717, 1.165) is 0 Å². The Kier molecular flexibility index (Phi) is 20.8. The second-order valence-corrected chi connectivity index (χ2v) is 19.7. The molecule has 0 aromatic carbocycles. The maximum atomic E-state index is 11.3. The fourth-order valence-corrected chi connectivity index (χ4v) is 10.4. The third-order valence-corrected chi connectivity index (χ3v) is 14.8. The summed E-state index contributed by atoms with van der Waals surface area (Å²) in [6.07, 6.45) is -70.2.